The topological polar surface area (TPSA) is 127 Å². The SMILES string of the molecule is CC(C)(C)OC(=O)[C@@H]1C[C@@H]1CC(=O)O.CC(C)(C)OC(=O)[C@H]1C[C@H]1CC(=O)O. The Bertz CT molecular complexity index is 557. The van der Waals surface area contributed by atoms with Gasteiger partial charge < -0.3 is 19.7 Å². The van der Waals surface area contributed by atoms with Gasteiger partial charge in [0, 0.05) is 12.8 Å². The molecule has 0 amide bonds. The van der Waals surface area contributed by atoms with Gasteiger partial charge in [-0.1, -0.05) is 0 Å². The summed E-state index contributed by atoms with van der Waals surface area (Å²) < 4.78 is 10.3. The van der Waals surface area contributed by atoms with E-state index in [1.807, 2.05) is 0 Å². The van der Waals surface area contributed by atoms with E-state index in [-0.39, 0.29) is 48.5 Å². The van der Waals surface area contributed by atoms with Crippen molar-refractivity contribution in [2.45, 2.75) is 78.4 Å². The molecule has 2 saturated carbocycles. The Morgan fingerprint density at radius 1 is 0.714 bits per heavy atom. The molecule has 8 heteroatoms. The maximum Gasteiger partial charge on any atom is 0.309 e. The van der Waals surface area contributed by atoms with Crippen LogP contribution in [-0.4, -0.2) is 45.3 Å². The molecule has 2 N–H and O–H groups in total. The molecule has 2 aliphatic rings. The van der Waals surface area contributed by atoms with E-state index in [4.69, 9.17) is 19.7 Å². The zero-order valence-electron chi connectivity index (χ0n) is 17.5. The van der Waals surface area contributed by atoms with Gasteiger partial charge in [-0.05, 0) is 66.2 Å². The summed E-state index contributed by atoms with van der Waals surface area (Å²) in [7, 11) is 0. The first kappa shape index (κ1) is 23.9. The molecule has 0 bridgehead atoms. The molecule has 2 aliphatic carbocycles. The lowest BCUT2D eigenvalue weighted by Crippen LogP contribution is -2.25. The van der Waals surface area contributed by atoms with Crippen molar-refractivity contribution in [1.29, 1.82) is 0 Å². The highest BCUT2D eigenvalue weighted by Crippen LogP contribution is 2.43. The quantitative estimate of drug-likeness (QED) is 0.652. The molecule has 28 heavy (non-hydrogen) atoms. The largest absolute Gasteiger partial charge is 0.481 e. The van der Waals surface area contributed by atoms with E-state index >= 15 is 0 Å². The molecule has 0 unspecified atom stereocenters. The maximum absolute atomic E-state index is 11.4. The van der Waals surface area contributed by atoms with Gasteiger partial charge in [-0.15, -0.1) is 0 Å². The van der Waals surface area contributed by atoms with Crippen LogP contribution in [0.1, 0.15) is 67.2 Å². The third kappa shape index (κ3) is 9.71. The molecule has 2 fully saturated rings. The molecule has 0 spiro atoms. The van der Waals surface area contributed by atoms with Crippen LogP contribution in [0, 0.1) is 23.7 Å². The number of carboxylic acid groups (broad SMARTS) is 2. The number of hydrogen-bond acceptors (Lipinski definition) is 6. The van der Waals surface area contributed by atoms with E-state index in [9.17, 15) is 19.2 Å². The predicted molar refractivity (Wildman–Crippen MR) is 99.4 cm³/mol. The van der Waals surface area contributed by atoms with Crippen LogP contribution in [0.2, 0.25) is 0 Å². The van der Waals surface area contributed by atoms with Crippen LogP contribution in [0.3, 0.4) is 0 Å². The summed E-state index contributed by atoms with van der Waals surface area (Å²) in [6.07, 6.45) is 1.45. The van der Waals surface area contributed by atoms with Gasteiger partial charge in [0.25, 0.3) is 0 Å². The summed E-state index contributed by atoms with van der Waals surface area (Å²) in [5, 5.41) is 17.0. The second-order valence-electron chi connectivity index (χ2n) is 9.47. The lowest BCUT2D eigenvalue weighted by atomic mass is 10.2. The fourth-order valence-electron chi connectivity index (χ4n) is 2.73. The van der Waals surface area contributed by atoms with Crippen molar-refractivity contribution in [2.24, 2.45) is 23.7 Å². The number of carbonyl (C=O) groups is 4. The zero-order chi connectivity index (χ0) is 21.9. The number of carboxylic acids is 2. The molecule has 0 aromatic rings. The summed E-state index contributed by atoms with van der Waals surface area (Å²) >= 11 is 0. The molecule has 0 saturated heterocycles. The van der Waals surface area contributed by atoms with Crippen LogP contribution in [0.4, 0.5) is 0 Å². The van der Waals surface area contributed by atoms with Gasteiger partial charge in [0.15, 0.2) is 0 Å². The summed E-state index contributed by atoms with van der Waals surface area (Å²) in [4.78, 5) is 43.5. The van der Waals surface area contributed by atoms with Crippen LogP contribution < -0.4 is 0 Å². The third-order valence-electron chi connectivity index (χ3n) is 4.14. The van der Waals surface area contributed by atoms with E-state index in [1.54, 1.807) is 41.5 Å². The Morgan fingerprint density at radius 3 is 1.21 bits per heavy atom. The molecular formula is C20H32O8. The van der Waals surface area contributed by atoms with Crippen LogP contribution in [0.25, 0.3) is 0 Å². The van der Waals surface area contributed by atoms with Crippen molar-refractivity contribution in [3.63, 3.8) is 0 Å². The minimum Gasteiger partial charge on any atom is -0.481 e. The summed E-state index contributed by atoms with van der Waals surface area (Å²) in [5.74, 6) is -2.62. The second kappa shape index (κ2) is 8.92. The number of hydrogen-bond donors (Lipinski definition) is 2. The Hall–Kier alpha value is -2.12. The lowest BCUT2D eigenvalue weighted by molar-refractivity contribution is -0.158. The molecule has 0 heterocycles. The van der Waals surface area contributed by atoms with Gasteiger partial charge in [-0.3, -0.25) is 19.2 Å². The van der Waals surface area contributed by atoms with Gasteiger partial charge in [-0.2, -0.15) is 0 Å². The summed E-state index contributed by atoms with van der Waals surface area (Å²) in [6.45, 7) is 10.8. The van der Waals surface area contributed by atoms with Crippen molar-refractivity contribution in [3.05, 3.63) is 0 Å². The average Bonchev–Trinajstić information content (AvgIpc) is 3.30. The molecular weight excluding hydrogens is 368 g/mol. The Labute approximate surface area is 165 Å². The van der Waals surface area contributed by atoms with Crippen LogP contribution in [0.5, 0.6) is 0 Å². The Morgan fingerprint density at radius 2 is 1.00 bits per heavy atom. The molecule has 4 atom stereocenters. The van der Waals surface area contributed by atoms with Crippen LogP contribution in [-0.2, 0) is 28.7 Å². The molecule has 8 nitrogen and oxygen atoms in total. The monoisotopic (exact) mass is 400 g/mol. The molecule has 0 radical (unpaired) electrons. The first-order chi connectivity index (χ1) is 12.6. The molecule has 0 aliphatic heterocycles. The van der Waals surface area contributed by atoms with Crippen LogP contribution in [0.15, 0.2) is 0 Å². The zero-order valence-corrected chi connectivity index (χ0v) is 17.5. The standard InChI is InChI=1S/2C10H16O4/c2*1-10(2,3)14-9(13)7-4-6(7)5-8(11)12/h2*6-7H,4-5H2,1-3H3,(H,11,12)/t2*6-,7-/m10/s1. The Kier molecular flexibility index (Phi) is 7.62. The first-order valence-electron chi connectivity index (χ1n) is 9.48. The minimum absolute atomic E-state index is 0.0117. The summed E-state index contributed by atoms with van der Waals surface area (Å²) in [6, 6.07) is 0. The number of aliphatic carboxylic acids is 2. The molecule has 160 valence electrons. The van der Waals surface area contributed by atoms with Gasteiger partial charge >= 0.3 is 23.9 Å². The molecule has 0 aromatic carbocycles. The van der Waals surface area contributed by atoms with Crippen molar-refractivity contribution in [2.75, 3.05) is 0 Å². The van der Waals surface area contributed by atoms with E-state index in [1.165, 1.54) is 0 Å². The second-order valence-corrected chi connectivity index (χ2v) is 9.47. The van der Waals surface area contributed by atoms with Crippen molar-refractivity contribution >= 4 is 23.9 Å². The lowest BCUT2D eigenvalue weighted by Gasteiger charge is -2.19. The fraction of sp³-hybridized carbons (Fsp3) is 0.800. The highest BCUT2D eigenvalue weighted by atomic mass is 16.6. The summed E-state index contributed by atoms with van der Waals surface area (Å²) in [5.41, 5.74) is -0.957. The van der Waals surface area contributed by atoms with Crippen LogP contribution >= 0.6 is 0 Å². The van der Waals surface area contributed by atoms with E-state index in [2.05, 4.69) is 0 Å². The number of ether oxygens (including phenoxy) is 2. The first-order valence-corrected chi connectivity index (χ1v) is 9.48. The number of carbonyl (C=O) groups excluding carboxylic acids is 2. The third-order valence-corrected chi connectivity index (χ3v) is 4.14. The molecule has 0 aromatic heterocycles. The predicted octanol–water partition coefficient (Wildman–Crippen LogP) is 2.88. The van der Waals surface area contributed by atoms with Gasteiger partial charge in [0.2, 0.25) is 0 Å². The smallest absolute Gasteiger partial charge is 0.309 e. The average molecular weight is 400 g/mol. The minimum atomic E-state index is -0.846. The highest BCUT2D eigenvalue weighted by molar-refractivity contribution is 5.78. The fourth-order valence-corrected chi connectivity index (χ4v) is 2.73. The van der Waals surface area contributed by atoms with Crippen molar-refractivity contribution < 1.29 is 38.9 Å². The maximum atomic E-state index is 11.4. The number of rotatable bonds is 6. The molecule has 2 rings (SSSR count). The van der Waals surface area contributed by atoms with Gasteiger partial charge in [-0.25, -0.2) is 0 Å². The van der Waals surface area contributed by atoms with Crippen molar-refractivity contribution in [3.8, 4) is 0 Å². The Balaban J connectivity index is 0.000000280. The number of esters is 2. The van der Waals surface area contributed by atoms with Crippen molar-refractivity contribution in [1.82, 2.24) is 0 Å². The van der Waals surface area contributed by atoms with E-state index in [0.29, 0.717) is 12.8 Å². The van der Waals surface area contributed by atoms with Gasteiger partial charge in [0.05, 0.1) is 11.8 Å². The van der Waals surface area contributed by atoms with E-state index < -0.39 is 23.1 Å². The normalized spacial score (nSPS) is 25.6. The van der Waals surface area contributed by atoms with Gasteiger partial charge in [0.1, 0.15) is 11.2 Å². The van der Waals surface area contributed by atoms with E-state index in [0.717, 1.165) is 0 Å². The highest BCUT2D eigenvalue weighted by Gasteiger charge is 2.47.